The van der Waals surface area contributed by atoms with E-state index in [9.17, 15) is 4.79 Å². The van der Waals surface area contributed by atoms with E-state index in [4.69, 9.17) is 4.74 Å². The summed E-state index contributed by atoms with van der Waals surface area (Å²) in [5, 5.41) is 3.29. The summed E-state index contributed by atoms with van der Waals surface area (Å²) in [7, 11) is 4.21. The SMILES string of the molecule is CN(C)C[C@@H]1CN(C2CCOCC2)C[C@H]1NC(=O)Cc1cccnc1. The second-order valence-corrected chi connectivity index (χ2v) is 7.53. The second-order valence-electron chi connectivity index (χ2n) is 7.53. The Morgan fingerprint density at radius 3 is 2.84 bits per heavy atom. The van der Waals surface area contributed by atoms with Crippen molar-refractivity contribution in [2.24, 2.45) is 5.92 Å². The number of ether oxygens (including phenoxy) is 1. The molecule has 1 aromatic heterocycles. The van der Waals surface area contributed by atoms with Crippen molar-refractivity contribution < 1.29 is 9.53 Å². The van der Waals surface area contributed by atoms with Gasteiger partial charge in [0.05, 0.1) is 6.42 Å². The molecule has 6 nitrogen and oxygen atoms in total. The molecule has 0 unspecified atom stereocenters. The highest BCUT2D eigenvalue weighted by molar-refractivity contribution is 5.78. The van der Waals surface area contributed by atoms with Crippen molar-refractivity contribution in [3.05, 3.63) is 30.1 Å². The van der Waals surface area contributed by atoms with Gasteiger partial charge < -0.3 is 15.0 Å². The van der Waals surface area contributed by atoms with Crippen LogP contribution in [0.1, 0.15) is 18.4 Å². The molecule has 2 aliphatic heterocycles. The number of hydrogen-bond acceptors (Lipinski definition) is 5. The fourth-order valence-electron chi connectivity index (χ4n) is 4.02. The summed E-state index contributed by atoms with van der Waals surface area (Å²) in [5.74, 6) is 0.561. The van der Waals surface area contributed by atoms with E-state index in [1.54, 1.807) is 12.4 Å². The Labute approximate surface area is 150 Å². The molecule has 0 spiro atoms. The van der Waals surface area contributed by atoms with Crippen LogP contribution in [0.25, 0.3) is 0 Å². The summed E-state index contributed by atoms with van der Waals surface area (Å²) >= 11 is 0. The van der Waals surface area contributed by atoms with Crippen LogP contribution in [0.2, 0.25) is 0 Å². The van der Waals surface area contributed by atoms with Crippen molar-refractivity contribution in [1.82, 2.24) is 20.1 Å². The lowest BCUT2D eigenvalue weighted by atomic mass is 10.0. The number of amides is 1. The molecule has 2 fully saturated rings. The molecule has 0 bridgehead atoms. The molecule has 0 aromatic carbocycles. The number of carbonyl (C=O) groups is 1. The molecule has 138 valence electrons. The Kier molecular flexibility index (Phi) is 6.39. The maximum atomic E-state index is 12.5. The number of carbonyl (C=O) groups excluding carboxylic acids is 1. The van der Waals surface area contributed by atoms with Gasteiger partial charge in [-0.1, -0.05) is 6.07 Å². The molecule has 2 saturated heterocycles. The summed E-state index contributed by atoms with van der Waals surface area (Å²) in [6, 6.07) is 4.64. The van der Waals surface area contributed by atoms with Gasteiger partial charge in [-0.15, -0.1) is 0 Å². The standard InChI is InChI=1S/C19H30N4O2/c1-22(2)12-16-13-23(17-5-8-25-9-6-17)14-18(16)21-19(24)10-15-4-3-7-20-11-15/h3-4,7,11,16-18H,5-6,8-10,12-14H2,1-2H3,(H,21,24)/t16-,18-/m1/s1. The van der Waals surface area contributed by atoms with Crippen LogP contribution in [0.3, 0.4) is 0 Å². The van der Waals surface area contributed by atoms with Crippen molar-refractivity contribution >= 4 is 5.91 Å². The van der Waals surface area contributed by atoms with E-state index in [1.807, 2.05) is 12.1 Å². The third-order valence-corrected chi connectivity index (χ3v) is 5.21. The van der Waals surface area contributed by atoms with Gasteiger partial charge in [-0.25, -0.2) is 0 Å². The van der Waals surface area contributed by atoms with Gasteiger partial charge in [-0.2, -0.15) is 0 Å². The van der Waals surface area contributed by atoms with E-state index in [0.717, 1.165) is 51.3 Å². The first-order valence-electron chi connectivity index (χ1n) is 9.26. The van der Waals surface area contributed by atoms with Crippen LogP contribution >= 0.6 is 0 Å². The molecule has 1 amide bonds. The summed E-state index contributed by atoms with van der Waals surface area (Å²) in [5.41, 5.74) is 0.962. The van der Waals surface area contributed by atoms with E-state index >= 15 is 0 Å². The van der Waals surface area contributed by atoms with Gasteiger partial charge in [-0.3, -0.25) is 14.7 Å². The molecule has 0 aliphatic carbocycles. The van der Waals surface area contributed by atoms with Gasteiger partial charge in [0.2, 0.25) is 5.91 Å². The second kappa shape index (κ2) is 8.74. The number of likely N-dealkylation sites (tertiary alicyclic amines) is 1. The van der Waals surface area contributed by atoms with Gasteiger partial charge in [0.1, 0.15) is 0 Å². The minimum absolute atomic E-state index is 0.0931. The average molecular weight is 346 g/mol. The van der Waals surface area contributed by atoms with Gasteiger partial charge in [0.25, 0.3) is 0 Å². The highest BCUT2D eigenvalue weighted by Gasteiger charge is 2.37. The zero-order valence-corrected chi connectivity index (χ0v) is 15.4. The van der Waals surface area contributed by atoms with Crippen LogP contribution in [0.5, 0.6) is 0 Å². The minimum atomic E-state index is 0.0931. The highest BCUT2D eigenvalue weighted by atomic mass is 16.5. The molecule has 3 rings (SSSR count). The molecule has 2 atom stereocenters. The number of rotatable bonds is 6. The molecule has 1 N–H and O–H groups in total. The normalized spacial score (nSPS) is 25.4. The number of pyridine rings is 1. The van der Waals surface area contributed by atoms with Crippen molar-refractivity contribution in [3.63, 3.8) is 0 Å². The molecule has 1 aromatic rings. The van der Waals surface area contributed by atoms with E-state index in [-0.39, 0.29) is 11.9 Å². The van der Waals surface area contributed by atoms with Gasteiger partial charge in [0.15, 0.2) is 0 Å². The number of aromatic nitrogens is 1. The third-order valence-electron chi connectivity index (χ3n) is 5.21. The predicted octanol–water partition coefficient (Wildman–Crippen LogP) is 0.781. The Balaban J connectivity index is 1.59. The van der Waals surface area contributed by atoms with Gasteiger partial charge in [-0.05, 0) is 38.6 Å². The van der Waals surface area contributed by atoms with Crippen LogP contribution in [-0.4, -0.2) is 79.7 Å². The molecule has 3 heterocycles. The van der Waals surface area contributed by atoms with Crippen LogP contribution in [0.4, 0.5) is 0 Å². The first kappa shape index (κ1) is 18.3. The molecular weight excluding hydrogens is 316 g/mol. The summed E-state index contributed by atoms with van der Waals surface area (Å²) in [6.07, 6.45) is 6.10. The van der Waals surface area contributed by atoms with Crippen molar-refractivity contribution in [3.8, 4) is 0 Å². The lowest BCUT2D eigenvalue weighted by Crippen LogP contribution is -2.44. The predicted molar refractivity (Wildman–Crippen MR) is 97.3 cm³/mol. The fraction of sp³-hybridized carbons (Fsp3) is 0.684. The molecule has 0 radical (unpaired) electrons. The maximum absolute atomic E-state index is 12.5. The topological polar surface area (TPSA) is 57.7 Å². The largest absolute Gasteiger partial charge is 0.381 e. The molecule has 2 aliphatic rings. The quantitative estimate of drug-likeness (QED) is 0.825. The highest BCUT2D eigenvalue weighted by Crippen LogP contribution is 2.24. The fourth-order valence-corrected chi connectivity index (χ4v) is 4.02. The zero-order valence-electron chi connectivity index (χ0n) is 15.4. The summed E-state index contributed by atoms with van der Waals surface area (Å²) in [4.78, 5) is 21.4. The Hall–Kier alpha value is -1.50. The van der Waals surface area contributed by atoms with Crippen LogP contribution in [0, 0.1) is 5.92 Å². The minimum Gasteiger partial charge on any atom is -0.381 e. The maximum Gasteiger partial charge on any atom is 0.224 e. The van der Waals surface area contributed by atoms with E-state index in [0.29, 0.717) is 18.4 Å². The molecule has 0 saturated carbocycles. The summed E-state index contributed by atoms with van der Waals surface area (Å²) in [6.45, 7) is 4.72. The van der Waals surface area contributed by atoms with Crippen LogP contribution in [0.15, 0.2) is 24.5 Å². The van der Waals surface area contributed by atoms with E-state index in [2.05, 4.69) is 34.2 Å². The van der Waals surface area contributed by atoms with Crippen molar-refractivity contribution in [2.75, 3.05) is 46.9 Å². The van der Waals surface area contributed by atoms with Crippen LogP contribution in [-0.2, 0) is 16.0 Å². The first-order valence-corrected chi connectivity index (χ1v) is 9.26. The lowest BCUT2D eigenvalue weighted by Gasteiger charge is -2.31. The van der Waals surface area contributed by atoms with Crippen molar-refractivity contribution in [2.45, 2.75) is 31.3 Å². The number of nitrogens with zero attached hydrogens (tertiary/aromatic N) is 3. The first-order chi connectivity index (χ1) is 12.1. The third kappa shape index (κ3) is 5.23. The Morgan fingerprint density at radius 1 is 1.36 bits per heavy atom. The molecule has 25 heavy (non-hydrogen) atoms. The Morgan fingerprint density at radius 2 is 2.16 bits per heavy atom. The lowest BCUT2D eigenvalue weighted by molar-refractivity contribution is -0.121. The Bertz CT molecular complexity index is 546. The molecule has 6 heteroatoms. The van der Waals surface area contributed by atoms with Gasteiger partial charge >= 0.3 is 0 Å². The summed E-state index contributed by atoms with van der Waals surface area (Å²) < 4.78 is 5.50. The van der Waals surface area contributed by atoms with Crippen LogP contribution < -0.4 is 5.32 Å². The van der Waals surface area contributed by atoms with Gasteiger partial charge in [0, 0.05) is 63.2 Å². The van der Waals surface area contributed by atoms with E-state index in [1.165, 1.54) is 0 Å². The van der Waals surface area contributed by atoms with Crippen molar-refractivity contribution in [1.29, 1.82) is 0 Å². The van der Waals surface area contributed by atoms with E-state index < -0.39 is 0 Å². The monoisotopic (exact) mass is 346 g/mol. The zero-order chi connectivity index (χ0) is 17.6. The molecular formula is C19H30N4O2. The number of nitrogens with one attached hydrogen (secondary N) is 1. The average Bonchev–Trinajstić information content (AvgIpc) is 2.98. The number of hydrogen-bond donors (Lipinski definition) is 1. The smallest absolute Gasteiger partial charge is 0.224 e.